The highest BCUT2D eigenvalue weighted by molar-refractivity contribution is 5.89. The van der Waals surface area contributed by atoms with Crippen molar-refractivity contribution >= 4 is 22.5 Å². The zero-order valence-electron chi connectivity index (χ0n) is 13.3. The molecule has 0 unspecified atom stereocenters. The molecule has 0 heterocycles. The molecule has 1 atom stereocenters. The second-order valence-corrected chi connectivity index (χ2v) is 5.62. The van der Waals surface area contributed by atoms with Gasteiger partial charge in [-0.2, -0.15) is 0 Å². The van der Waals surface area contributed by atoms with Gasteiger partial charge in [0, 0.05) is 12.2 Å². The van der Waals surface area contributed by atoms with Crippen LogP contribution in [0.5, 0.6) is 0 Å². The number of fused-ring (bicyclic) bond motifs is 1. The van der Waals surface area contributed by atoms with Gasteiger partial charge in [-0.15, -0.1) is 0 Å². The molecule has 0 saturated heterocycles. The topological polar surface area (TPSA) is 61.4 Å². The number of aliphatic hydroxyl groups is 1. The van der Waals surface area contributed by atoms with Gasteiger partial charge in [0.2, 0.25) is 0 Å². The second kappa shape index (κ2) is 7.62. The predicted molar refractivity (Wildman–Crippen MR) is 97.0 cm³/mol. The number of anilines is 1. The van der Waals surface area contributed by atoms with Gasteiger partial charge in [-0.1, -0.05) is 60.7 Å². The van der Waals surface area contributed by atoms with E-state index in [1.165, 1.54) is 0 Å². The molecule has 0 bridgehead atoms. The fourth-order valence-corrected chi connectivity index (χ4v) is 2.72. The van der Waals surface area contributed by atoms with Crippen molar-refractivity contribution in [3.05, 3.63) is 78.4 Å². The molecule has 4 heteroatoms. The molecule has 0 fully saturated rings. The Balaban J connectivity index is 1.55. The zero-order chi connectivity index (χ0) is 16.8. The molecule has 122 valence electrons. The van der Waals surface area contributed by atoms with E-state index >= 15 is 0 Å². The van der Waals surface area contributed by atoms with Crippen molar-refractivity contribution in [2.75, 3.05) is 11.9 Å². The molecule has 3 aromatic carbocycles. The lowest BCUT2D eigenvalue weighted by molar-refractivity contribution is 0.169. The summed E-state index contributed by atoms with van der Waals surface area (Å²) in [5.74, 6) is 0. The minimum absolute atomic E-state index is 0.272. The number of urea groups is 1. The normalized spacial score (nSPS) is 11.9. The Morgan fingerprint density at radius 2 is 1.62 bits per heavy atom. The van der Waals surface area contributed by atoms with Crippen LogP contribution in [0.1, 0.15) is 18.1 Å². The molecule has 0 aliphatic rings. The van der Waals surface area contributed by atoms with Crippen LogP contribution < -0.4 is 10.6 Å². The summed E-state index contributed by atoms with van der Waals surface area (Å²) in [5, 5.41) is 18.1. The standard InChI is InChI=1S/C20H20N2O2/c23-19(18-12-6-8-15-7-4-5-11-17(15)18)13-14-21-20(24)22-16-9-2-1-3-10-16/h1-12,19,23H,13-14H2,(H2,21,22,24)/t19-/m1/s1. The van der Waals surface area contributed by atoms with Crippen LogP contribution in [0.3, 0.4) is 0 Å². The molecule has 0 saturated carbocycles. The van der Waals surface area contributed by atoms with Crippen LogP contribution >= 0.6 is 0 Å². The highest BCUT2D eigenvalue weighted by atomic mass is 16.3. The number of para-hydroxylation sites is 1. The van der Waals surface area contributed by atoms with Gasteiger partial charge in [0.1, 0.15) is 0 Å². The number of aliphatic hydroxyl groups excluding tert-OH is 1. The summed E-state index contributed by atoms with van der Waals surface area (Å²) in [6.45, 7) is 0.392. The Hall–Kier alpha value is -2.85. The monoisotopic (exact) mass is 320 g/mol. The molecular weight excluding hydrogens is 300 g/mol. The molecule has 2 amide bonds. The van der Waals surface area contributed by atoms with E-state index in [2.05, 4.69) is 10.6 Å². The fraction of sp³-hybridized carbons (Fsp3) is 0.150. The Morgan fingerprint density at radius 3 is 2.46 bits per heavy atom. The predicted octanol–water partition coefficient (Wildman–Crippen LogP) is 4.09. The van der Waals surface area contributed by atoms with Crippen molar-refractivity contribution in [3.63, 3.8) is 0 Å². The zero-order valence-corrected chi connectivity index (χ0v) is 13.3. The minimum atomic E-state index is -0.617. The maximum absolute atomic E-state index is 11.8. The first-order valence-corrected chi connectivity index (χ1v) is 7.99. The van der Waals surface area contributed by atoms with Gasteiger partial charge in [-0.25, -0.2) is 4.79 Å². The van der Waals surface area contributed by atoms with Crippen LogP contribution in [0.25, 0.3) is 10.8 Å². The number of carbonyl (C=O) groups is 1. The fourth-order valence-electron chi connectivity index (χ4n) is 2.72. The van der Waals surface area contributed by atoms with E-state index in [0.29, 0.717) is 13.0 Å². The van der Waals surface area contributed by atoms with Crippen LogP contribution in [0.15, 0.2) is 72.8 Å². The third kappa shape index (κ3) is 3.91. The highest BCUT2D eigenvalue weighted by Crippen LogP contribution is 2.25. The first-order valence-electron chi connectivity index (χ1n) is 7.99. The summed E-state index contributed by atoms with van der Waals surface area (Å²) in [7, 11) is 0. The number of hydrogen-bond acceptors (Lipinski definition) is 2. The molecule has 0 aliphatic carbocycles. The van der Waals surface area contributed by atoms with Crippen LogP contribution in [0.2, 0.25) is 0 Å². The van der Waals surface area contributed by atoms with Crippen molar-refractivity contribution in [2.24, 2.45) is 0 Å². The van der Waals surface area contributed by atoms with Crippen molar-refractivity contribution in [1.29, 1.82) is 0 Å². The quantitative estimate of drug-likeness (QED) is 0.663. The lowest BCUT2D eigenvalue weighted by atomic mass is 9.99. The van der Waals surface area contributed by atoms with Gasteiger partial charge in [0.25, 0.3) is 0 Å². The van der Waals surface area contributed by atoms with Gasteiger partial charge in [-0.3, -0.25) is 0 Å². The van der Waals surface area contributed by atoms with Gasteiger partial charge in [0.15, 0.2) is 0 Å². The smallest absolute Gasteiger partial charge is 0.319 e. The molecule has 3 aromatic rings. The average molecular weight is 320 g/mol. The largest absolute Gasteiger partial charge is 0.388 e. The number of benzene rings is 3. The first kappa shape index (κ1) is 16.0. The lowest BCUT2D eigenvalue weighted by Crippen LogP contribution is -2.30. The van der Waals surface area contributed by atoms with Gasteiger partial charge >= 0.3 is 6.03 Å². The SMILES string of the molecule is O=C(NCC[C@@H](O)c1cccc2ccccc12)Nc1ccccc1. The molecule has 4 nitrogen and oxygen atoms in total. The first-order chi connectivity index (χ1) is 11.7. The van der Waals surface area contributed by atoms with Crippen molar-refractivity contribution in [2.45, 2.75) is 12.5 Å². The summed E-state index contributed by atoms with van der Waals surface area (Å²) in [5.41, 5.74) is 1.63. The van der Waals surface area contributed by atoms with E-state index in [9.17, 15) is 9.90 Å². The number of amides is 2. The van der Waals surface area contributed by atoms with E-state index < -0.39 is 6.10 Å². The Morgan fingerprint density at radius 1 is 0.917 bits per heavy atom. The van der Waals surface area contributed by atoms with E-state index in [1.807, 2.05) is 72.8 Å². The number of carbonyl (C=O) groups excluding carboxylic acids is 1. The van der Waals surface area contributed by atoms with Gasteiger partial charge < -0.3 is 15.7 Å². The summed E-state index contributed by atoms with van der Waals surface area (Å²) < 4.78 is 0. The summed E-state index contributed by atoms with van der Waals surface area (Å²) in [6.07, 6.45) is -0.163. The van der Waals surface area contributed by atoms with Gasteiger partial charge in [0.05, 0.1) is 6.10 Å². The van der Waals surface area contributed by atoms with E-state index in [4.69, 9.17) is 0 Å². The highest BCUT2D eigenvalue weighted by Gasteiger charge is 2.11. The van der Waals surface area contributed by atoms with Crippen molar-refractivity contribution < 1.29 is 9.90 Å². The molecule has 0 spiro atoms. The molecule has 3 rings (SSSR count). The van der Waals surface area contributed by atoms with E-state index in [0.717, 1.165) is 22.0 Å². The van der Waals surface area contributed by atoms with Crippen LogP contribution in [-0.4, -0.2) is 17.7 Å². The molecule has 24 heavy (non-hydrogen) atoms. The third-order valence-electron chi connectivity index (χ3n) is 3.92. The van der Waals surface area contributed by atoms with Crippen LogP contribution in [0, 0.1) is 0 Å². The van der Waals surface area contributed by atoms with Crippen molar-refractivity contribution in [1.82, 2.24) is 5.32 Å². The van der Waals surface area contributed by atoms with E-state index in [1.54, 1.807) is 0 Å². The summed E-state index contributed by atoms with van der Waals surface area (Å²) in [4.78, 5) is 11.8. The number of rotatable bonds is 5. The average Bonchev–Trinajstić information content (AvgIpc) is 2.62. The molecule has 0 radical (unpaired) electrons. The molecular formula is C20H20N2O2. The number of hydrogen-bond donors (Lipinski definition) is 3. The lowest BCUT2D eigenvalue weighted by Gasteiger charge is -2.14. The van der Waals surface area contributed by atoms with Crippen molar-refractivity contribution in [3.8, 4) is 0 Å². The Labute approximate surface area is 141 Å². The summed E-state index contributed by atoms with van der Waals surface area (Å²) >= 11 is 0. The second-order valence-electron chi connectivity index (χ2n) is 5.62. The third-order valence-corrected chi connectivity index (χ3v) is 3.92. The maximum atomic E-state index is 11.8. The minimum Gasteiger partial charge on any atom is -0.388 e. The van der Waals surface area contributed by atoms with E-state index in [-0.39, 0.29) is 6.03 Å². The van der Waals surface area contributed by atoms with Crippen LogP contribution in [0.4, 0.5) is 10.5 Å². The van der Waals surface area contributed by atoms with Crippen LogP contribution in [-0.2, 0) is 0 Å². The molecule has 0 aromatic heterocycles. The Kier molecular flexibility index (Phi) is 5.08. The maximum Gasteiger partial charge on any atom is 0.319 e. The summed E-state index contributed by atoms with van der Waals surface area (Å²) in [6, 6.07) is 22.9. The number of nitrogens with one attached hydrogen (secondary N) is 2. The molecule has 3 N–H and O–H groups in total. The molecule has 0 aliphatic heterocycles. The van der Waals surface area contributed by atoms with Gasteiger partial charge in [-0.05, 0) is 34.9 Å². The Bertz CT molecular complexity index is 813.